The molecule has 0 aliphatic heterocycles. The zero-order chi connectivity index (χ0) is 13.8. The lowest BCUT2D eigenvalue weighted by Gasteiger charge is -2.22. The summed E-state index contributed by atoms with van der Waals surface area (Å²) in [4.78, 5) is 0. The van der Waals surface area contributed by atoms with E-state index in [0.29, 0.717) is 5.56 Å². The third-order valence-corrected chi connectivity index (χ3v) is 3.36. The summed E-state index contributed by atoms with van der Waals surface area (Å²) < 4.78 is 27.7. The van der Waals surface area contributed by atoms with Gasteiger partial charge in [0.15, 0.2) is 0 Å². The van der Waals surface area contributed by atoms with Crippen molar-refractivity contribution in [3.8, 4) is 6.07 Å². The zero-order valence-corrected chi connectivity index (χ0v) is 11.6. The Hall–Kier alpha value is -1.38. The maximum absolute atomic E-state index is 11.3. The predicted molar refractivity (Wildman–Crippen MR) is 69.3 cm³/mol. The highest BCUT2D eigenvalue weighted by molar-refractivity contribution is 7.86. The van der Waals surface area contributed by atoms with Crippen molar-refractivity contribution in [2.75, 3.05) is 6.26 Å². The highest BCUT2D eigenvalue weighted by atomic mass is 32.2. The molecule has 1 rings (SSSR count). The van der Waals surface area contributed by atoms with Gasteiger partial charge in [0.2, 0.25) is 0 Å². The average Bonchev–Trinajstić information content (AvgIpc) is 2.34. The van der Waals surface area contributed by atoms with Crippen molar-refractivity contribution >= 4 is 10.1 Å². The fourth-order valence-corrected chi connectivity index (χ4v) is 2.31. The molecule has 0 radical (unpaired) electrons. The van der Waals surface area contributed by atoms with Gasteiger partial charge in [-0.2, -0.15) is 13.7 Å². The second-order valence-corrected chi connectivity index (χ2v) is 5.94. The number of rotatable bonds is 5. The molecule has 1 aromatic carbocycles. The topological polar surface area (TPSA) is 67.2 Å². The molecule has 0 fully saturated rings. The smallest absolute Gasteiger partial charge is 0.262 e. The van der Waals surface area contributed by atoms with Crippen molar-refractivity contribution in [1.82, 2.24) is 0 Å². The maximum Gasteiger partial charge on any atom is 0.264 e. The van der Waals surface area contributed by atoms with E-state index in [0.717, 1.165) is 18.2 Å². The highest BCUT2D eigenvalue weighted by Gasteiger charge is 2.23. The Balaban J connectivity index is 3.06. The van der Waals surface area contributed by atoms with Gasteiger partial charge in [0.05, 0.1) is 17.9 Å². The average molecular weight is 267 g/mol. The molecule has 0 saturated carbocycles. The van der Waals surface area contributed by atoms with E-state index >= 15 is 0 Å². The van der Waals surface area contributed by atoms with Crippen molar-refractivity contribution < 1.29 is 12.6 Å². The van der Waals surface area contributed by atoms with E-state index in [-0.39, 0.29) is 5.92 Å². The molecule has 0 unspecified atom stereocenters. The molecule has 0 amide bonds. The maximum atomic E-state index is 11.3. The first-order chi connectivity index (χ1) is 8.37. The standard InChI is InChI=1S/C13H17NO3S/c1-4-10(2)13(17-18(3,15)16)12-7-5-11(9-14)6-8-12/h5-8,10,13H,4H2,1-3H3/t10-,13+/m1/s1. The molecule has 0 bridgehead atoms. The van der Waals surface area contributed by atoms with Crippen LogP contribution in [0.2, 0.25) is 0 Å². The van der Waals surface area contributed by atoms with Crippen LogP contribution in [0.4, 0.5) is 0 Å². The fraction of sp³-hybridized carbons (Fsp3) is 0.462. The van der Waals surface area contributed by atoms with Gasteiger partial charge in [-0.1, -0.05) is 32.4 Å². The van der Waals surface area contributed by atoms with Crippen molar-refractivity contribution in [1.29, 1.82) is 5.26 Å². The van der Waals surface area contributed by atoms with E-state index in [1.54, 1.807) is 24.3 Å². The molecule has 0 spiro atoms. The Kier molecular flexibility index (Phi) is 4.88. The third kappa shape index (κ3) is 4.13. The number of nitriles is 1. The van der Waals surface area contributed by atoms with Crippen LogP contribution in [0.25, 0.3) is 0 Å². The van der Waals surface area contributed by atoms with Crippen LogP contribution in [-0.4, -0.2) is 14.7 Å². The molecular formula is C13H17NO3S. The van der Waals surface area contributed by atoms with E-state index in [4.69, 9.17) is 9.44 Å². The van der Waals surface area contributed by atoms with Gasteiger partial charge in [-0.25, -0.2) is 0 Å². The number of benzene rings is 1. The minimum atomic E-state index is -3.51. The molecule has 0 heterocycles. The summed E-state index contributed by atoms with van der Waals surface area (Å²) in [5, 5.41) is 8.73. The third-order valence-electron chi connectivity index (χ3n) is 2.81. The summed E-state index contributed by atoms with van der Waals surface area (Å²) >= 11 is 0. The van der Waals surface area contributed by atoms with Crippen LogP contribution in [0.15, 0.2) is 24.3 Å². The van der Waals surface area contributed by atoms with Gasteiger partial charge in [-0.05, 0) is 23.6 Å². The molecule has 0 aliphatic rings. The largest absolute Gasteiger partial charge is 0.264 e. The van der Waals surface area contributed by atoms with Gasteiger partial charge in [-0.15, -0.1) is 0 Å². The Morgan fingerprint density at radius 3 is 2.28 bits per heavy atom. The molecule has 5 heteroatoms. The SMILES string of the molecule is CC[C@@H](C)[C@H](OS(C)(=O)=O)c1ccc(C#N)cc1. The second kappa shape index (κ2) is 5.98. The highest BCUT2D eigenvalue weighted by Crippen LogP contribution is 2.29. The van der Waals surface area contributed by atoms with Crippen LogP contribution >= 0.6 is 0 Å². The summed E-state index contributed by atoms with van der Waals surface area (Å²) in [5.41, 5.74) is 1.31. The predicted octanol–water partition coefficient (Wildman–Crippen LogP) is 2.62. The summed E-state index contributed by atoms with van der Waals surface area (Å²) in [7, 11) is -3.51. The van der Waals surface area contributed by atoms with Crippen molar-refractivity contribution in [3.63, 3.8) is 0 Å². The van der Waals surface area contributed by atoms with E-state index in [1.165, 1.54) is 0 Å². The first-order valence-electron chi connectivity index (χ1n) is 5.75. The van der Waals surface area contributed by atoms with Crippen molar-refractivity contribution in [3.05, 3.63) is 35.4 Å². The summed E-state index contributed by atoms with van der Waals surface area (Å²) in [6.07, 6.45) is 1.35. The van der Waals surface area contributed by atoms with Crippen LogP contribution in [0.1, 0.15) is 37.5 Å². The Morgan fingerprint density at radius 2 is 1.89 bits per heavy atom. The first kappa shape index (κ1) is 14.7. The molecule has 98 valence electrons. The van der Waals surface area contributed by atoms with Crippen LogP contribution in [0, 0.1) is 17.2 Å². The zero-order valence-electron chi connectivity index (χ0n) is 10.8. The monoisotopic (exact) mass is 267 g/mol. The molecule has 0 saturated heterocycles. The first-order valence-corrected chi connectivity index (χ1v) is 7.57. The molecule has 0 aromatic heterocycles. The molecule has 4 nitrogen and oxygen atoms in total. The minimum Gasteiger partial charge on any atom is -0.262 e. The van der Waals surface area contributed by atoms with Crippen molar-refractivity contribution in [2.24, 2.45) is 5.92 Å². The van der Waals surface area contributed by atoms with E-state index in [2.05, 4.69) is 0 Å². The lowest BCUT2D eigenvalue weighted by atomic mass is 9.95. The molecular weight excluding hydrogens is 250 g/mol. The van der Waals surface area contributed by atoms with Gasteiger partial charge < -0.3 is 0 Å². The second-order valence-electron chi connectivity index (χ2n) is 4.34. The van der Waals surface area contributed by atoms with Gasteiger partial charge in [0.1, 0.15) is 6.10 Å². The van der Waals surface area contributed by atoms with Gasteiger partial charge in [-0.3, -0.25) is 4.18 Å². The lowest BCUT2D eigenvalue weighted by Crippen LogP contribution is -2.17. The number of hydrogen-bond donors (Lipinski definition) is 0. The normalized spacial score (nSPS) is 14.8. The van der Waals surface area contributed by atoms with Crippen LogP contribution in [0.3, 0.4) is 0 Å². The van der Waals surface area contributed by atoms with Crippen LogP contribution in [-0.2, 0) is 14.3 Å². The van der Waals surface area contributed by atoms with Crippen molar-refractivity contribution in [2.45, 2.75) is 26.4 Å². The Morgan fingerprint density at radius 1 is 1.33 bits per heavy atom. The van der Waals surface area contributed by atoms with Gasteiger partial charge in [0, 0.05) is 0 Å². The summed E-state index contributed by atoms with van der Waals surface area (Å²) in [6, 6.07) is 8.82. The van der Waals surface area contributed by atoms with E-state index in [9.17, 15) is 8.42 Å². The number of hydrogen-bond acceptors (Lipinski definition) is 4. The Labute approximate surface area is 108 Å². The Bertz CT molecular complexity index is 528. The van der Waals surface area contributed by atoms with Gasteiger partial charge >= 0.3 is 0 Å². The molecule has 2 atom stereocenters. The van der Waals surface area contributed by atoms with E-state index < -0.39 is 16.2 Å². The number of nitrogens with zero attached hydrogens (tertiary/aromatic N) is 1. The molecule has 0 N–H and O–H groups in total. The summed E-state index contributed by atoms with van der Waals surface area (Å²) in [6.45, 7) is 3.92. The van der Waals surface area contributed by atoms with Crippen LogP contribution in [0.5, 0.6) is 0 Å². The van der Waals surface area contributed by atoms with E-state index in [1.807, 2.05) is 19.9 Å². The quantitative estimate of drug-likeness (QED) is 0.769. The molecule has 18 heavy (non-hydrogen) atoms. The molecule has 1 aromatic rings. The lowest BCUT2D eigenvalue weighted by molar-refractivity contribution is 0.151. The summed E-state index contributed by atoms with van der Waals surface area (Å²) in [5.74, 6) is 0.0765. The fourth-order valence-electron chi connectivity index (χ4n) is 1.63. The molecule has 0 aliphatic carbocycles. The van der Waals surface area contributed by atoms with Gasteiger partial charge in [0.25, 0.3) is 10.1 Å². The minimum absolute atomic E-state index is 0.0765. The van der Waals surface area contributed by atoms with Crippen LogP contribution < -0.4 is 0 Å².